The van der Waals surface area contributed by atoms with Crippen molar-refractivity contribution < 1.29 is 13.2 Å². The second-order valence-electron chi connectivity index (χ2n) is 7.55. The smallest absolute Gasteiger partial charge is 0.253 e. The molecule has 1 aromatic rings. The number of amides is 1. The third-order valence-corrected chi connectivity index (χ3v) is 8.40. The molecule has 0 bridgehead atoms. The Balaban J connectivity index is 1.70. The number of halogens is 1. The molecule has 2 fully saturated rings. The van der Waals surface area contributed by atoms with Crippen molar-refractivity contribution in [3.8, 4) is 0 Å². The Morgan fingerprint density at radius 2 is 1.70 bits per heavy atom. The van der Waals surface area contributed by atoms with Crippen LogP contribution in [-0.2, 0) is 10.0 Å². The maximum Gasteiger partial charge on any atom is 0.253 e. The van der Waals surface area contributed by atoms with Crippen LogP contribution >= 0.6 is 15.9 Å². The van der Waals surface area contributed by atoms with Crippen molar-refractivity contribution in [3.63, 3.8) is 0 Å². The molecular weight excluding hydrogens is 430 g/mol. The maximum absolute atomic E-state index is 12.9. The van der Waals surface area contributed by atoms with E-state index in [4.69, 9.17) is 0 Å². The minimum atomic E-state index is -3.61. The summed E-state index contributed by atoms with van der Waals surface area (Å²) in [6.45, 7) is 3.81. The summed E-state index contributed by atoms with van der Waals surface area (Å²) < 4.78 is 26.6. The zero-order valence-corrected chi connectivity index (χ0v) is 18.4. The monoisotopic (exact) mass is 457 g/mol. The lowest BCUT2D eigenvalue weighted by atomic mass is 9.99. The Kier molecular flexibility index (Phi) is 6.61. The summed E-state index contributed by atoms with van der Waals surface area (Å²) in [5.41, 5.74) is 0.426. The quantitative estimate of drug-likeness (QED) is 0.697. The van der Waals surface area contributed by atoms with E-state index in [1.165, 1.54) is 52.5 Å². The summed E-state index contributed by atoms with van der Waals surface area (Å²) in [6.07, 6.45) is 5.87. The topological polar surface area (TPSA) is 60.9 Å². The molecule has 0 N–H and O–H groups in total. The van der Waals surface area contributed by atoms with E-state index in [0.717, 1.165) is 30.2 Å². The highest BCUT2D eigenvalue weighted by Crippen LogP contribution is 2.27. The first kappa shape index (κ1) is 20.8. The first-order valence-electron chi connectivity index (χ1n) is 9.56. The fraction of sp³-hybridized carbons (Fsp3) is 0.632. The van der Waals surface area contributed by atoms with E-state index in [0.29, 0.717) is 16.1 Å². The van der Waals surface area contributed by atoms with Gasteiger partial charge in [-0.15, -0.1) is 0 Å². The highest BCUT2D eigenvalue weighted by Gasteiger charge is 2.29. The van der Waals surface area contributed by atoms with E-state index >= 15 is 0 Å². The van der Waals surface area contributed by atoms with Crippen LogP contribution in [0.3, 0.4) is 0 Å². The zero-order chi connectivity index (χ0) is 19.6. The number of benzene rings is 1. The van der Waals surface area contributed by atoms with E-state index in [-0.39, 0.29) is 10.8 Å². The summed E-state index contributed by atoms with van der Waals surface area (Å²) in [6, 6.07) is 5.39. The second-order valence-corrected chi connectivity index (χ2v) is 10.5. The van der Waals surface area contributed by atoms with E-state index < -0.39 is 10.0 Å². The lowest BCUT2D eigenvalue weighted by Gasteiger charge is -2.40. The van der Waals surface area contributed by atoms with E-state index in [1.807, 2.05) is 4.90 Å². The maximum atomic E-state index is 12.9. The summed E-state index contributed by atoms with van der Waals surface area (Å²) in [5, 5.41) is 0. The zero-order valence-electron chi connectivity index (χ0n) is 16.0. The molecule has 2 saturated heterocycles. The van der Waals surface area contributed by atoms with Gasteiger partial charge in [-0.05, 0) is 72.9 Å². The van der Waals surface area contributed by atoms with Crippen LogP contribution < -0.4 is 0 Å². The highest BCUT2D eigenvalue weighted by atomic mass is 79.9. The second kappa shape index (κ2) is 8.59. The number of hydrogen-bond acceptors (Lipinski definition) is 4. The molecule has 1 amide bonds. The standard InChI is InChI=1S/C19H28BrN3O3S/c1-21(2)27(25,26)18-14-15(6-7-17(18)20)19(24)23-12-8-16(9-13-23)22-10-4-3-5-11-22/h6-7,14,16H,3-5,8-13H2,1-2H3. The average Bonchev–Trinajstić information content (AvgIpc) is 2.68. The van der Waals surface area contributed by atoms with E-state index in [2.05, 4.69) is 20.8 Å². The van der Waals surface area contributed by atoms with Gasteiger partial charge in [-0.1, -0.05) is 6.42 Å². The van der Waals surface area contributed by atoms with Crippen LogP contribution in [0.5, 0.6) is 0 Å². The molecule has 2 aliphatic heterocycles. The molecule has 150 valence electrons. The molecule has 6 nitrogen and oxygen atoms in total. The van der Waals surface area contributed by atoms with Gasteiger partial charge in [0, 0.05) is 43.3 Å². The van der Waals surface area contributed by atoms with Gasteiger partial charge in [0.2, 0.25) is 10.0 Å². The molecule has 2 heterocycles. The van der Waals surface area contributed by atoms with Crippen molar-refractivity contribution >= 4 is 31.9 Å². The third kappa shape index (κ3) is 4.55. The van der Waals surface area contributed by atoms with Crippen LogP contribution in [0.4, 0.5) is 0 Å². The predicted octanol–water partition coefficient (Wildman–Crippen LogP) is 2.79. The SMILES string of the molecule is CN(C)S(=O)(=O)c1cc(C(=O)N2CCC(N3CCCCC3)CC2)ccc1Br. The lowest BCUT2D eigenvalue weighted by Crippen LogP contribution is -2.48. The van der Waals surface area contributed by atoms with Crippen molar-refractivity contribution in [3.05, 3.63) is 28.2 Å². The molecule has 0 aliphatic carbocycles. The average molecular weight is 458 g/mol. The van der Waals surface area contributed by atoms with E-state index in [9.17, 15) is 13.2 Å². The largest absolute Gasteiger partial charge is 0.339 e. The van der Waals surface area contributed by atoms with Gasteiger partial charge in [0.05, 0.1) is 4.90 Å². The summed E-state index contributed by atoms with van der Waals surface area (Å²) in [4.78, 5) is 17.5. The minimum absolute atomic E-state index is 0.0881. The predicted molar refractivity (Wildman–Crippen MR) is 109 cm³/mol. The van der Waals surface area contributed by atoms with Crippen molar-refractivity contribution in [1.82, 2.24) is 14.1 Å². The molecule has 0 spiro atoms. The lowest BCUT2D eigenvalue weighted by molar-refractivity contribution is 0.0589. The number of sulfonamides is 1. The van der Waals surface area contributed by atoms with Crippen molar-refractivity contribution in [2.75, 3.05) is 40.3 Å². The van der Waals surface area contributed by atoms with E-state index in [1.54, 1.807) is 12.1 Å². The number of likely N-dealkylation sites (tertiary alicyclic amines) is 2. The number of rotatable bonds is 4. The summed E-state index contributed by atoms with van der Waals surface area (Å²) in [7, 11) is -0.633. The molecule has 8 heteroatoms. The fourth-order valence-corrected chi connectivity index (χ4v) is 5.78. The van der Waals surface area contributed by atoms with Crippen LogP contribution in [0, 0.1) is 0 Å². The van der Waals surface area contributed by atoms with Gasteiger partial charge in [-0.3, -0.25) is 4.79 Å². The molecule has 0 atom stereocenters. The number of nitrogens with zero attached hydrogens (tertiary/aromatic N) is 3. The highest BCUT2D eigenvalue weighted by molar-refractivity contribution is 9.10. The van der Waals surface area contributed by atoms with Gasteiger partial charge in [0.25, 0.3) is 5.91 Å². The Bertz CT molecular complexity index is 783. The van der Waals surface area contributed by atoms with Crippen LogP contribution in [0.25, 0.3) is 0 Å². The van der Waals surface area contributed by atoms with Gasteiger partial charge in [0.1, 0.15) is 0 Å². The van der Waals surface area contributed by atoms with Crippen molar-refractivity contribution in [1.29, 1.82) is 0 Å². The molecule has 3 rings (SSSR count). The summed E-state index contributed by atoms with van der Waals surface area (Å²) >= 11 is 3.30. The molecule has 2 aliphatic rings. The van der Waals surface area contributed by atoms with Crippen LogP contribution in [-0.4, -0.2) is 74.7 Å². The number of hydrogen-bond donors (Lipinski definition) is 0. The molecule has 0 aromatic heterocycles. The molecule has 27 heavy (non-hydrogen) atoms. The van der Waals surface area contributed by atoms with Gasteiger partial charge in [-0.2, -0.15) is 0 Å². The molecular formula is C19H28BrN3O3S. The molecule has 0 saturated carbocycles. The Morgan fingerprint density at radius 1 is 1.07 bits per heavy atom. The van der Waals surface area contributed by atoms with Crippen LogP contribution in [0.1, 0.15) is 42.5 Å². The molecule has 0 radical (unpaired) electrons. The van der Waals surface area contributed by atoms with Crippen LogP contribution in [0.2, 0.25) is 0 Å². The first-order chi connectivity index (χ1) is 12.8. The normalized spacial score (nSPS) is 20.2. The van der Waals surface area contributed by atoms with Gasteiger partial charge in [0.15, 0.2) is 0 Å². The molecule has 1 aromatic carbocycles. The Labute approximate surface area is 170 Å². The minimum Gasteiger partial charge on any atom is -0.339 e. The fourth-order valence-electron chi connectivity index (χ4n) is 3.93. The number of carbonyl (C=O) groups is 1. The third-order valence-electron chi connectivity index (χ3n) is 5.60. The summed E-state index contributed by atoms with van der Waals surface area (Å²) in [5.74, 6) is -0.0881. The number of carbonyl (C=O) groups excluding carboxylic acids is 1. The van der Waals surface area contributed by atoms with Gasteiger partial charge in [-0.25, -0.2) is 12.7 Å². The first-order valence-corrected chi connectivity index (χ1v) is 11.8. The van der Waals surface area contributed by atoms with Crippen LogP contribution in [0.15, 0.2) is 27.6 Å². The van der Waals surface area contributed by atoms with Gasteiger partial charge < -0.3 is 9.80 Å². The molecule has 0 unspecified atom stereocenters. The Morgan fingerprint density at radius 3 is 2.30 bits per heavy atom. The van der Waals surface area contributed by atoms with Crippen molar-refractivity contribution in [2.45, 2.75) is 43.0 Å². The number of piperidine rings is 2. The van der Waals surface area contributed by atoms with Crippen molar-refractivity contribution in [2.24, 2.45) is 0 Å². The Hall–Kier alpha value is -0.960. The van der Waals surface area contributed by atoms with Gasteiger partial charge >= 0.3 is 0 Å².